The van der Waals surface area contributed by atoms with Gasteiger partial charge in [-0.25, -0.2) is 0 Å². The van der Waals surface area contributed by atoms with E-state index in [4.69, 9.17) is 15.2 Å². The van der Waals surface area contributed by atoms with Gasteiger partial charge in [-0.2, -0.15) is 0 Å². The number of nitrogens with two attached hydrogens (primary N) is 1. The molecule has 5 nitrogen and oxygen atoms in total. The van der Waals surface area contributed by atoms with E-state index in [0.29, 0.717) is 23.6 Å². The normalized spacial score (nSPS) is 11.1. The number of amides is 1. The lowest BCUT2D eigenvalue weighted by Crippen LogP contribution is -2.34. The predicted molar refractivity (Wildman–Crippen MR) is 73.7 cm³/mol. The van der Waals surface area contributed by atoms with Crippen molar-refractivity contribution in [3.8, 4) is 11.5 Å². The summed E-state index contributed by atoms with van der Waals surface area (Å²) in [5.74, 6) is 0.979. The van der Waals surface area contributed by atoms with Crippen molar-refractivity contribution in [2.45, 2.75) is 19.4 Å². The number of nitrogens with one attached hydrogen (secondary N) is 1. The van der Waals surface area contributed by atoms with Crippen LogP contribution in [0.5, 0.6) is 11.5 Å². The van der Waals surface area contributed by atoms with Crippen LogP contribution in [0.1, 0.15) is 13.3 Å². The highest BCUT2D eigenvalue weighted by molar-refractivity contribution is 5.96. The zero-order chi connectivity index (χ0) is 12.8. The fourth-order valence-corrected chi connectivity index (χ4v) is 1.32. The zero-order valence-corrected chi connectivity index (χ0v) is 11.5. The van der Waals surface area contributed by atoms with Crippen molar-refractivity contribution >= 4 is 24.0 Å². The van der Waals surface area contributed by atoms with Gasteiger partial charge in [0.25, 0.3) is 0 Å². The van der Waals surface area contributed by atoms with E-state index in [1.165, 1.54) is 7.11 Å². The van der Waals surface area contributed by atoms with Crippen molar-refractivity contribution in [2.24, 2.45) is 5.73 Å². The Balaban J connectivity index is 0.00000289. The van der Waals surface area contributed by atoms with Crippen molar-refractivity contribution in [1.82, 2.24) is 0 Å². The van der Waals surface area contributed by atoms with Gasteiger partial charge in [-0.1, -0.05) is 6.92 Å². The maximum absolute atomic E-state index is 11.7. The van der Waals surface area contributed by atoms with Crippen LogP contribution in [0.3, 0.4) is 0 Å². The molecule has 0 heterocycles. The molecular weight excluding hydrogens is 256 g/mol. The first-order chi connectivity index (χ1) is 8.12. The summed E-state index contributed by atoms with van der Waals surface area (Å²) in [6.07, 6.45) is 0.581. The predicted octanol–water partition coefficient (Wildman–Crippen LogP) is 1.80. The smallest absolute Gasteiger partial charge is 0.241 e. The van der Waals surface area contributed by atoms with Crippen molar-refractivity contribution in [3.05, 3.63) is 18.2 Å². The highest BCUT2D eigenvalue weighted by atomic mass is 35.5. The minimum atomic E-state index is -0.522. The Morgan fingerprint density at radius 2 is 2.06 bits per heavy atom. The number of hydrogen-bond donors (Lipinski definition) is 2. The molecule has 0 aliphatic rings. The molecule has 1 aromatic rings. The van der Waals surface area contributed by atoms with Crippen LogP contribution in [-0.2, 0) is 4.79 Å². The summed E-state index contributed by atoms with van der Waals surface area (Å²) in [5.41, 5.74) is 6.20. The Bertz CT molecular complexity index is 399. The van der Waals surface area contributed by atoms with Crippen molar-refractivity contribution in [3.63, 3.8) is 0 Å². The molecule has 1 amide bonds. The summed E-state index contributed by atoms with van der Waals surface area (Å²) in [6.45, 7) is 1.85. The number of benzene rings is 1. The number of hydrogen-bond acceptors (Lipinski definition) is 4. The van der Waals surface area contributed by atoms with Gasteiger partial charge in [-0.3, -0.25) is 4.79 Å². The average molecular weight is 275 g/mol. The lowest BCUT2D eigenvalue weighted by atomic mass is 10.2. The maximum Gasteiger partial charge on any atom is 0.241 e. The first-order valence-electron chi connectivity index (χ1n) is 5.40. The molecule has 0 aliphatic heterocycles. The van der Waals surface area contributed by atoms with E-state index in [9.17, 15) is 4.79 Å². The average Bonchev–Trinajstić information content (AvgIpc) is 2.37. The van der Waals surface area contributed by atoms with Crippen LogP contribution in [-0.4, -0.2) is 26.2 Å². The second-order valence-corrected chi connectivity index (χ2v) is 3.57. The van der Waals surface area contributed by atoms with Gasteiger partial charge in [0.1, 0.15) is 11.5 Å². The summed E-state index contributed by atoms with van der Waals surface area (Å²) in [6, 6.07) is 4.66. The second kappa shape index (κ2) is 7.79. The number of carbonyl (C=O) groups excluding carboxylic acids is 1. The molecule has 3 N–H and O–H groups in total. The van der Waals surface area contributed by atoms with Gasteiger partial charge in [0.05, 0.1) is 25.9 Å². The van der Waals surface area contributed by atoms with Crippen LogP contribution >= 0.6 is 12.4 Å². The molecule has 18 heavy (non-hydrogen) atoms. The Labute approximate surface area is 113 Å². The largest absolute Gasteiger partial charge is 0.497 e. The van der Waals surface area contributed by atoms with Crippen LogP contribution in [0, 0.1) is 0 Å². The maximum atomic E-state index is 11.7. The number of halogens is 1. The highest BCUT2D eigenvalue weighted by Crippen LogP contribution is 2.28. The van der Waals surface area contributed by atoms with E-state index in [0.717, 1.165) is 0 Å². The fraction of sp³-hybridized carbons (Fsp3) is 0.417. The number of methoxy groups -OCH3 is 2. The van der Waals surface area contributed by atoms with Crippen molar-refractivity contribution in [2.75, 3.05) is 19.5 Å². The Morgan fingerprint density at radius 3 is 2.56 bits per heavy atom. The topological polar surface area (TPSA) is 73.6 Å². The van der Waals surface area contributed by atoms with Gasteiger partial charge in [0, 0.05) is 6.07 Å². The van der Waals surface area contributed by atoms with E-state index >= 15 is 0 Å². The molecule has 0 aromatic heterocycles. The summed E-state index contributed by atoms with van der Waals surface area (Å²) >= 11 is 0. The minimum absolute atomic E-state index is 0. The summed E-state index contributed by atoms with van der Waals surface area (Å²) in [4.78, 5) is 11.7. The third-order valence-corrected chi connectivity index (χ3v) is 2.44. The SMILES string of the molecule is CC[C@H](N)C(=O)Nc1cc(OC)ccc1OC.Cl. The molecule has 0 aliphatic carbocycles. The fourth-order valence-electron chi connectivity index (χ4n) is 1.32. The zero-order valence-electron chi connectivity index (χ0n) is 10.7. The van der Waals surface area contributed by atoms with Crippen LogP contribution < -0.4 is 20.5 Å². The molecule has 102 valence electrons. The summed E-state index contributed by atoms with van der Waals surface area (Å²) in [7, 11) is 3.10. The van der Waals surface area contributed by atoms with Crippen LogP contribution in [0.15, 0.2) is 18.2 Å². The molecule has 0 saturated heterocycles. The summed E-state index contributed by atoms with van der Waals surface area (Å²) < 4.78 is 10.2. The molecule has 0 bridgehead atoms. The molecule has 0 radical (unpaired) electrons. The molecule has 0 unspecified atom stereocenters. The summed E-state index contributed by atoms with van der Waals surface area (Å²) in [5, 5.41) is 2.72. The highest BCUT2D eigenvalue weighted by Gasteiger charge is 2.14. The Kier molecular flexibility index (Phi) is 7.16. The van der Waals surface area contributed by atoms with Gasteiger partial charge >= 0.3 is 0 Å². The van der Waals surface area contributed by atoms with Gasteiger partial charge in [-0.15, -0.1) is 12.4 Å². The van der Waals surface area contributed by atoms with Gasteiger partial charge < -0.3 is 20.5 Å². The lowest BCUT2D eigenvalue weighted by Gasteiger charge is -2.14. The number of anilines is 1. The van der Waals surface area contributed by atoms with E-state index < -0.39 is 6.04 Å². The van der Waals surface area contributed by atoms with Crippen LogP contribution in [0.2, 0.25) is 0 Å². The van der Waals surface area contributed by atoms with E-state index in [1.54, 1.807) is 25.3 Å². The molecular formula is C12H19ClN2O3. The molecule has 1 atom stereocenters. The molecule has 6 heteroatoms. The first-order valence-corrected chi connectivity index (χ1v) is 5.40. The van der Waals surface area contributed by atoms with Crippen LogP contribution in [0.25, 0.3) is 0 Å². The Morgan fingerprint density at radius 1 is 1.39 bits per heavy atom. The molecule has 0 fully saturated rings. The standard InChI is InChI=1S/C12H18N2O3.ClH/c1-4-9(13)12(15)14-10-7-8(16-2)5-6-11(10)17-3;/h5-7,9H,4,13H2,1-3H3,(H,14,15);1H/t9-;/m0./s1. The van der Waals surface area contributed by atoms with Gasteiger partial charge in [0.15, 0.2) is 0 Å². The van der Waals surface area contributed by atoms with Gasteiger partial charge in [0.2, 0.25) is 5.91 Å². The van der Waals surface area contributed by atoms with E-state index in [-0.39, 0.29) is 18.3 Å². The van der Waals surface area contributed by atoms with E-state index in [1.807, 2.05) is 6.92 Å². The first kappa shape index (κ1) is 16.5. The molecule has 0 saturated carbocycles. The van der Waals surface area contributed by atoms with Crippen molar-refractivity contribution < 1.29 is 14.3 Å². The van der Waals surface area contributed by atoms with E-state index in [2.05, 4.69) is 5.32 Å². The third-order valence-electron chi connectivity index (χ3n) is 2.44. The second-order valence-electron chi connectivity index (χ2n) is 3.57. The lowest BCUT2D eigenvalue weighted by molar-refractivity contribution is -0.117. The van der Waals surface area contributed by atoms with Gasteiger partial charge in [-0.05, 0) is 18.6 Å². The van der Waals surface area contributed by atoms with Crippen molar-refractivity contribution in [1.29, 1.82) is 0 Å². The quantitative estimate of drug-likeness (QED) is 0.859. The number of carbonyl (C=O) groups is 1. The third kappa shape index (κ3) is 4.09. The van der Waals surface area contributed by atoms with Crippen LogP contribution in [0.4, 0.5) is 5.69 Å². The Hall–Kier alpha value is -1.46. The number of ether oxygens (including phenoxy) is 2. The minimum Gasteiger partial charge on any atom is -0.497 e. The molecule has 1 rings (SSSR count). The number of rotatable bonds is 5. The molecule has 1 aromatic carbocycles. The molecule has 0 spiro atoms. The monoisotopic (exact) mass is 274 g/mol.